The maximum absolute atomic E-state index is 13.0. The van der Waals surface area contributed by atoms with E-state index in [0.29, 0.717) is 5.56 Å². The molecule has 0 radical (unpaired) electrons. The first-order valence-electron chi connectivity index (χ1n) is 10.7. The summed E-state index contributed by atoms with van der Waals surface area (Å²) in [5.74, 6) is -2.07. The Hall–Kier alpha value is -3.72. The lowest BCUT2D eigenvalue weighted by molar-refractivity contribution is -0.136. The molecule has 9 nitrogen and oxygen atoms in total. The van der Waals surface area contributed by atoms with E-state index in [0.717, 1.165) is 11.1 Å². The minimum atomic E-state index is -1.07. The first kappa shape index (κ1) is 25.5. The number of amides is 2. The van der Waals surface area contributed by atoms with Gasteiger partial charge in [0.2, 0.25) is 11.8 Å². The molecule has 0 saturated heterocycles. The topological polar surface area (TPSA) is 157 Å². The third-order valence-electron chi connectivity index (χ3n) is 5.07. The minimum Gasteiger partial charge on any atom is -0.480 e. The first-order valence-corrected chi connectivity index (χ1v) is 10.7. The van der Waals surface area contributed by atoms with Crippen LogP contribution in [0.15, 0.2) is 54.6 Å². The molecule has 0 aliphatic heterocycles. The van der Waals surface area contributed by atoms with E-state index in [1.165, 1.54) is 0 Å². The average Bonchev–Trinajstić information content (AvgIpc) is 2.77. The molecule has 2 aromatic carbocycles. The van der Waals surface area contributed by atoms with Crippen LogP contribution in [0.4, 0.5) is 0 Å². The Balaban J connectivity index is 2.11. The second-order valence-corrected chi connectivity index (χ2v) is 8.08. The van der Waals surface area contributed by atoms with Gasteiger partial charge >= 0.3 is 5.97 Å². The zero-order valence-corrected chi connectivity index (χ0v) is 18.8. The van der Waals surface area contributed by atoms with Gasteiger partial charge in [0.25, 0.3) is 0 Å². The Morgan fingerprint density at radius 3 is 2.15 bits per heavy atom. The van der Waals surface area contributed by atoms with Crippen molar-refractivity contribution in [3.05, 3.63) is 71.3 Å². The molecule has 2 amide bonds. The van der Waals surface area contributed by atoms with Crippen molar-refractivity contribution in [3.63, 3.8) is 0 Å². The number of carboxylic acids is 1. The van der Waals surface area contributed by atoms with Crippen molar-refractivity contribution < 1.29 is 19.5 Å². The molecular weight excluding hydrogens is 422 g/mol. The van der Waals surface area contributed by atoms with Crippen molar-refractivity contribution in [3.8, 4) is 0 Å². The van der Waals surface area contributed by atoms with Gasteiger partial charge in [-0.2, -0.15) is 0 Å². The minimum absolute atomic E-state index is 0.0348. The molecule has 7 N–H and O–H groups in total. The third kappa shape index (κ3) is 8.38. The van der Waals surface area contributed by atoms with Gasteiger partial charge in [0, 0.05) is 18.5 Å². The molecule has 9 heteroatoms. The van der Waals surface area contributed by atoms with Crippen LogP contribution in [-0.4, -0.2) is 47.4 Å². The fourth-order valence-corrected chi connectivity index (χ4v) is 3.26. The normalized spacial score (nSPS) is 12.6. The predicted molar refractivity (Wildman–Crippen MR) is 126 cm³/mol. The molecule has 0 aliphatic carbocycles. The number of nitrogen functional groups attached to an aromatic ring is 1. The maximum atomic E-state index is 13.0. The number of nitrogens with one attached hydrogen (secondary N) is 4. The molecule has 0 fully saturated rings. The number of carbonyl (C=O) groups is 3. The van der Waals surface area contributed by atoms with Crippen LogP contribution in [0.2, 0.25) is 0 Å². The van der Waals surface area contributed by atoms with Gasteiger partial charge in [-0.1, -0.05) is 68.4 Å². The van der Waals surface area contributed by atoms with Crippen molar-refractivity contribution in [2.75, 3.05) is 6.54 Å². The van der Waals surface area contributed by atoms with Gasteiger partial charge in [-0.15, -0.1) is 0 Å². The molecule has 0 unspecified atom stereocenters. The molecule has 0 saturated carbocycles. The SMILES string of the molecule is CC(C)[C@@H](NCC(=O)O)C(=O)N[C@@H](Cc1ccccc1)C(=O)NCc1ccc(C(=N)N)cc1. The summed E-state index contributed by atoms with van der Waals surface area (Å²) >= 11 is 0. The van der Waals surface area contributed by atoms with Crippen molar-refractivity contribution in [2.45, 2.75) is 38.9 Å². The standard InChI is InChI=1S/C24H31N5O4/c1-15(2)21(27-14-20(30)31)24(33)29-19(12-16-6-4-3-5-7-16)23(32)28-13-17-8-10-18(11-9-17)22(25)26/h3-11,15,19,21,27H,12-14H2,1-2H3,(H3,25,26)(H,28,32)(H,29,33)(H,30,31)/t19-,21+/m0/s1. The Kier molecular flexibility index (Phi) is 9.56. The summed E-state index contributed by atoms with van der Waals surface area (Å²) in [6.07, 6.45) is 0.283. The number of hydrogen-bond donors (Lipinski definition) is 6. The van der Waals surface area contributed by atoms with Gasteiger partial charge in [0.1, 0.15) is 11.9 Å². The van der Waals surface area contributed by atoms with Crippen molar-refractivity contribution in [1.29, 1.82) is 5.41 Å². The highest BCUT2D eigenvalue weighted by molar-refractivity contribution is 5.95. The zero-order valence-electron chi connectivity index (χ0n) is 18.8. The highest BCUT2D eigenvalue weighted by Crippen LogP contribution is 2.08. The van der Waals surface area contributed by atoms with E-state index in [1.54, 1.807) is 38.1 Å². The second-order valence-electron chi connectivity index (χ2n) is 8.08. The summed E-state index contributed by atoms with van der Waals surface area (Å²) in [6.45, 7) is 3.48. The molecule has 2 rings (SSSR count). The van der Waals surface area contributed by atoms with Crippen LogP contribution >= 0.6 is 0 Å². The molecular formula is C24H31N5O4. The highest BCUT2D eigenvalue weighted by atomic mass is 16.4. The van der Waals surface area contributed by atoms with Crippen LogP contribution in [-0.2, 0) is 27.3 Å². The van der Waals surface area contributed by atoms with Crippen molar-refractivity contribution in [1.82, 2.24) is 16.0 Å². The summed E-state index contributed by atoms with van der Waals surface area (Å²) in [5, 5.41) is 24.7. The number of nitrogens with two attached hydrogens (primary N) is 1. The molecule has 0 spiro atoms. The molecule has 2 atom stereocenters. The Labute approximate surface area is 193 Å². The molecule has 33 heavy (non-hydrogen) atoms. The quantitative estimate of drug-likeness (QED) is 0.208. The lowest BCUT2D eigenvalue weighted by Gasteiger charge is -2.25. The van der Waals surface area contributed by atoms with E-state index in [1.807, 2.05) is 30.3 Å². The van der Waals surface area contributed by atoms with Crippen LogP contribution in [0.25, 0.3) is 0 Å². The highest BCUT2D eigenvalue weighted by Gasteiger charge is 2.28. The van der Waals surface area contributed by atoms with Crippen LogP contribution in [0, 0.1) is 11.3 Å². The van der Waals surface area contributed by atoms with E-state index in [9.17, 15) is 14.4 Å². The number of hydrogen-bond acceptors (Lipinski definition) is 5. The number of aliphatic carboxylic acids is 1. The summed E-state index contributed by atoms with van der Waals surface area (Å²) in [7, 11) is 0. The first-order chi connectivity index (χ1) is 15.7. The lowest BCUT2D eigenvalue weighted by Crippen LogP contribution is -2.55. The van der Waals surface area contributed by atoms with E-state index < -0.39 is 24.0 Å². The van der Waals surface area contributed by atoms with Gasteiger partial charge in [0.05, 0.1) is 12.6 Å². The van der Waals surface area contributed by atoms with E-state index in [2.05, 4.69) is 16.0 Å². The fourth-order valence-electron chi connectivity index (χ4n) is 3.26. The molecule has 2 aromatic rings. The van der Waals surface area contributed by atoms with E-state index in [4.69, 9.17) is 16.2 Å². The molecule has 176 valence electrons. The monoisotopic (exact) mass is 453 g/mol. The molecule has 0 aromatic heterocycles. The van der Waals surface area contributed by atoms with Crippen LogP contribution in [0.1, 0.15) is 30.5 Å². The van der Waals surface area contributed by atoms with Crippen molar-refractivity contribution >= 4 is 23.6 Å². The molecule has 0 heterocycles. The smallest absolute Gasteiger partial charge is 0.317 e. The van der Waals surface area contributed by atoms with Gasteiger partial charge in [-0.05, 0) is 17.0 Å². The number of amidine groups is 1. The van der Waals surface area contributed by atoms with Gasteiger partial charge in [0.15, 0.2) is 0 Å². The van der Waals surface area contributed by atoms with Gasteiger partial charge in [-0.25, -0.2) is 0 Å². The number of benzene rings is 2. The maximum Gasteiger partial charge on any atom is 0.317 e. The largest absolute Gasteiger partial charge is 0.480 e. The number of carbonyl (C=O) groups excluding carboxylic acids is 2. The Morgan fingerprint density at radius 1 is 0.970 bits per heavy atom. The zero-order chi connectivity index (χ0) is 24.4. The Morgan fingerprint density at radius 2 is 1.61 bits per heavy atom. The average molecular weight is 454 g/mol. The van der Waals surface area contributed by atoms with Gasteiger partial charge in [-0.3, -0.25) is 25.1 Å². The third-order valence-corrected chi connectivity index (χ3v) is 5.07. The summed E-state index contributed by atoms with van der Waals surface area (Å²) in [5.41, 5.74) is 7.75. The fraction of sp³-hybridized carbons (Fsp3) is 0.333. The van der Waals surface area contributed by atoms with Crippen LogP contribution in [0.5, 0.6) is 0 Å². The molecule has 0 aliphatic rings. The van der Waals surface area contributed by atoms with Gasteiger partial charge < -0.3 is 21.5 Å². The van der Waals surface area contributed by atoms with Crippen LogP contribution < -0.4 is 21.7 Å². The summed E-state index contributed by atoms with van der Waals surface area (Å²) in [4.78, 5) is 36.8. The lowest BCUT2D eigenvalue weighted by atomic mass is 10.0. The van der Waals surface area contributed by atoms with Crippen molar-refractivity contribution in [2.24, 2.45) is 11.7 Å². The van der Waals surface area contributed by atoms with E-state index in [-0.39, 0.29) is 37.2 Å². The predicted octanol–water partition coefficient (Wildman–Crippen LogP) is 1.01. The second kappa shape index (κ2) is 12.4. The van der Waals surface area contributed by atoms with E-state index >= 15 is 0 Å². The molecule has 0 bridgehead atoms. The Bertz CT molecular complexity index is 961. The summed E-state index contributed by atoms with van der Waals surface area (Å²) in [6, 6.07) is 14.7. The number of rotatable bonds is 12. The van der Waals surface area contributed by atoms with Crippen LogP contribution in [0.3, 0.4) is 0 Å². The number of carboxylic acid groups (broad SMARTS) is 1. The summed E-state index contributed by atoms with van der Waals surface area (Å²) < 4.78 is 0.